The van der Waals surface area contributed by atoms with Gasteiger partial charge in [0.1, 0.15) is 11.6 Å². The van der Waals surface area contributed by atoms with Crippen molar-refractivity contribution in [2.24, 2.45) is 5.92 Å². The van der Waals surface area contributed by atoms with Crippen LogP contribution in [-0.2, 0) is 0 Å². The fraction of sp³-hybridized carbons (Fsp3) is 0.481. The molecule has 38 heavy (non-hydrogen) atoms. The fourth-order valence-electron chi connectivity index (χ4n) is 5.79. The van der Waals surface area contributed by atoms with Crippen LogP contribution in [0, 0.1) is 11.7 Å². The smallest absolute Gasteiger partial charge is 0.404 e. The van der Waals surface area contributed by atoms with Crippen molar-refractivity contribution in [3.63, 3.8) is 0 Å². The summed E-state index contributed by atoms with van der Waals surface area (Å²) in [5.41, 5.74) is 1.10. The van der Waals surface area contributed by atoms with Crippen molar-refractivity contribution in [3.8, 4) is 0 Å². The second-order valence-corrected chi connectivity index (χ2v) is 10.4. The van der Waals surface area contributed by atoms with Gasteiger partial charge in [-0.3, -0.25) is 9.59 Å². The number of hydrogen-bond acceptors (Lipinski definition) is 6. The summed E-state index contributed by atoms with van der Waals surface area (Å²) < 4.78 is 14.1. The number of anilines is 2. The third kappa shape index (κ3) is 6.21. The standard InChI is InChI=1S/C27H33FN6O4/c28-18-13-22(26(36)31-19-4-6-20(7-5-19)32-27(37)38)24(29-14-18)30-21-3-1-2-17(12-21)25(35)33-23-15-34-10-8-16(23)9-11-34/h1-3,12-14,16,19-20,23,32H,4-11,15H2,(H,29,30)(H,31,36)(H,33,35)(H,37,38)/t19?,20?,23-/m0/s1. The summed E-state index contributed by atoms with van der Waals surface area (Å²) in [4.78, 5) is 43.4. The van der Waals surface area contributed by atoms with Crippen molar-refractivity contribution < 1.29 is 23.9 Å². The van der Waals surface area contributed by atoms with E-state index < -0.39 is 17.8 Å². The van der Waals surface area contributed by atoms with Gasteiger partial charge in [-0.1, -0.05) is 6.07 Å². The normalized spacial score (nSPS) is 26.3. The third-order valence-electron chi connectivity index (χ3n) is 7.85. The number of carbonyl (C=O) groups is 3. The molecule has 4 fully saturated rings. The van der Waals surface area contributed by atoms with Crippen molar-refractivity contribution in [2.45, 2.75) is 56.7 Å². The predicted octanol–water partition coefficient (Wildman–Crippen LogP) is 3.10. The zero-order chi connectivity index (χ0) is 26.6. The largest absolute Gasteiger partial charge is 0.465 e. The number of halogens is 1. The van der Waals surface area contributed by atoms with E-state index in [4.69, 9.17) is 5.11 Å². The number of hydrogen-bond donors (Lipinski definition) is 5. The lowest BCUT2D eigenvalue weighted by Gasteiger charge is -2.44. The summed E-state index contributed by atoms with van der Waals surface area (Å²) in [6.07, 6.45) is 4.63. The summed E-state index contributed by atoms with van der Waals surface area (Å²) in [6.45, 7) is 3.07. The molecule has 0 unspecified atom stereocenters. The first-order valence-electron chi connectivity index (χ1n) is 13.2. The van der Waals surface area contributed by atoms with Crippen molar-refractivity contribution in [2.75, 3.05) is 25.0 Å². The molecule has 3 amide bonds. The Morgan fingerprint density at radius 3 is 2.29 bits per heavy atom. The molecule has 4 heterocycles. The fourth-order valence-corrected chi connectivity index (χ4v) is 5.79. The maximum Gasteiger partial charge on any atom is 0.404 e. The van der Waals surface area contributed by atoms with Crippen LogP contribution in [0.5, 0.6) is 0 Å². The van der Waals surface area contributed by atoms with Gasteiger partial charge < -0.3 is 31.3 Å². The summed E-state index contributed by atoms with van der Waals surface area (Å²) >= 11 is 0. The van der Waals surface area contributed by atoms with Crippen LogP contribution in [-0.4, -0.2) is 70.7 Å². The highest BCUT2D eigenvalue weighted by molar-refractivity contribution is 6.00. The Kier molecular flexibility index (Phi) is 7.73. The van der Waals surface area contributed by atoms with Crippen LogP contribution in [0.3, 0.4) is 0 Å². The van der Waals surface area contributed by atoms with Crippen molar-refractivity contribution in [3.05, 3.63) is 53.5 Å². The first-order chi connectivity index (χ1) is 18.3. The molecule has 0 spiro atoms. The Balaban J connectivity index is 1.23. The van der Waals surface area contributed by atoms with Gasteiger partial charge in [-0.05, 0) is 81.8 Å². The molecule has 1 aromatic carbocycles. The topological polar surface area (TPSA) is 136 Å². The average Bonchev–Trinajstić information content (AvgIpc) is 2.91. The van der Waals surface area contributed by atoms with Gasteiger partial charge in [-0.2, -0.15) is 0 Å². The molecule has 3 saturated heterocycles. The van der Waals surface area contributed by atoms with Gasteiger partial charge in [0, 0.05) is 35.9 Å². The number of carbonyl (C=O) groups excluding carboxylic acids is 2. The molecule has 0 radical (unpaired) electrons. The van der Waals surface area contributed by atoms with E-state index >= 15 is 0 Å². The van der Waals surface area contributed by atoms with E-state index in [9.17, 15) is 18.8 Å². The van der Waals surface area contributed by atoms with Gasteiger partial charge in [-0.25, -0.2) is 14.2 Å². The van der Waals surface area contributed by atoms with Crippen molar-refractivity contribution >= 4 is 29.4 Å². The quantitative estimate of drug-likeness (QED) is 0.376. The summed E-state index contributed by atoms with van der Waals surface area (Å²) in [6, 6.07) is 7.93. The molecule has 202 valence electrons. The van der Waals surface area contributed by atoms with Crippen LogP contribution in [0.15, 0.2) is 36.5 Å². The number of pyridine rings is 1. The Bertz CT molecular complexity index is 1190. The summed E-state index contributed by atoms with van der Waals surface area (Å²) in [5.74, 6) is -0.560. The van der Waals surface area contributed by atoms with Gasteiger partial charge in [0.25, 0.3) is 11.8 Å². The Morgan fingerprint density at radius 2 is 1.63 bits per heavy atom. The van der Waals surface area contributed by atoms with Gasteiger partial charge in [-0.15, -0.1) is 0 Å². The van der Waals surface area contributed by atoms with Gasteiger partial charge in [0.2, 0.25) is 0 Å². The molecule has 2 aromatic rings. The molecule has 5 N–H and O–H groups in total. The maximum atomic E-state index is 14.1. The molecule has 6 rings (SSSR count). The molecule has 4 aliphatic rings. The number of benzene rings is 1. The molecule has 3 aliphatic heterocycles. The number of fused-ring (bicyclic) bond motifs is 3. The minimum atomic E-state index is -1.06. The zero-order valence-electron chi connectivity index (χ0n) is 21.1. The van der Waals surface area contributed by atoms with Crippen molar-refractivity contribution in [1.82, 2.24) is 25.8 Å². The molecular formula is C27H33FN6O4. The number of amides is 3. The van der Waals surface area contributed by atoms with E-state index in [0.29, 0.717) is 42.9 Å². The predicted molar refractivity (Wildman–Crippen MR) is 139 cm³/mol. The number of carboxylic acid groups (broad SMARTS) is 1. The van der Waals surface area contributed by atoms with E-state index in [1.165, 1.54) is 0 Å². The number of nitrogens with zero attached hydrogens (tertiary/aromatic N) is 2. The highest BCUT2D eigenvalue weighted by Gasteiger charge is 2.35. The SMILES string of the molecule is O=C(O)NC1CCC(NC(=O)c2cc(F)cnc2Nc2cccc(C(=O)N[C@H]3CN4CCC3CC4)c2)CC1. The van der Waals surface area contributed by atoms with E-state index in [2.05, 4.69) is 31.2 Å². The average molecular weight is 525 g/mol. The third-order valence-corrected chi connectivity index (χ3v) is 7.85. The van der Waals surface area contributed by atoms with E-state index in [1.807, 2.05) is 0 Å². The second-order valence-electron chi connectivity index (χ2n) is 10.4. The lowest BCUT2D eigenvalue weighted by Crippen LogP contribution is -2.57. The molecule has 1 saturated carbocycles. The van der Waals surface area contributed by atoms with Crippen LogP contribution >= 0.6 is 0 Å². The minimum Gasteiger partial charge on any atom is -0.465 e. The second kappa shape index (κ2) is 11.3. The van der Waals surface area contributed by atoms with Crippen LogP contribution in [0.4, 0.5) is 20.7 Å². The number of rotatable bonds is 7. The molecule has 1 aromatic heterocycles. The first-order valence-corrected chi connectivity index (χ1v) is 13.2. The highest BCUT2D eigenvalue weighted by Crippen LogP contribution is 2.28. The van der Waals surface area contributed by atoms with Crippen LogP contribution in [0.2, 0.25) is 0 Å². The van der Waals surface area contributed by atoms with E-state index in [-0.39, 0.29) is 35.4 Å². The number of nitrogens with one attached hydrogen (secondary N) is 4. The van der Waals surface area contributed by atoms with Gasteiger partial charge >= 0.3 is 6.09 Å². The van der Waals surface area contributed by atoms with Crippen LogP contribution < -0.4 is 21.3 Å². The first kappa shape index (κ1) is 25.9. The molecule has 11 heteroatoms. The van der Waals surface area contributed by atoms with Gasteiger partial charge in [0.15, 0.2) is 0 Å². The summed E-state index contributed by atoms with van der Waals surface area (Å²) in [7, 11) is 0. The minimum absolute atomic E-state index is 0.0536. The maximum absolute atomic E-state index is 14.1. The zero-order valence-corrected chi connectivity index (χ0v) is 21.1. The van der Waals surface area contributed by atoms with Gasteiger partial charge in [0.05, 0.1) is 11.8 Å². The Morgan fingerprint density at radius 1 is 0.921 bits per heavy atom. The summed E-state index contributed by atoms with van der Waals surface area (Å²) in [5, 5.41) is 20.5. The van der Waals surface area contributed by atoms with E-state index in [1.54, 1.807) is 24.3 Å². The molecule has 2 bridgehead atoms. The lowest BCUT2D eigenvalue weighted by atomic mass is 9.84. The number of aromatic nitrogens is 1. The van der Waals surface area contributed by atoms with E-state index in [0.717, 1.165) is 44.7 Å². The highest BCUT2D eigenvalue weighted by atomic mass is 19.1. The molecule has 1 atom stereocenters. The molecule has 10 nitrogen and oxygen atoms in total. The monoisotopic (exact) mass is 524 g/mol. The molecular weight excluding hydrogens is 491 g/mol. The van der Waals surface area contributed by atoms with Crippen LogP contribution in [0.25, 0.3) is 0 Å². The van der Waals surface area contributed by atoms with Crippen molar-refractivity contribution in [1.29, 1.82) is 0 Å². The Hall–Kier alpha value is -3.73. The lowest BCUT2D eigenvalue weighted by molar-refractivity contribution is 0.0620. The van der Waals surface area contributed by atoms with Crippen LogP contribution in [0.1, 0.15) is 59.2 Å². The Labute approximate surface area is 220 Å². The molecule has 1 aliphatic carbocycles. The number of piperidine rings is 3.